The number of carbonyl (C=O) groups excluding carboxylic acids is 2. The molecule has 2 amide bonds. The Kier molecular flexibility index (Phi) is 5.68. The lowest BCUT2D eigenvalue weighted by atomic mass is 10.0. The lowest BCUT2D eigenvalue weighted by Gasteiger charge is -2.41. The molecule has 0 aromatic heterocycles. The van der Waals surface area contributed by atoms with Crippen LogP contribution in [0.4, 0.5) is 5.69 Å². The Balaban J connectivity index is 1.85. The molecule has 1 fully saturated rings. The van der Waals surface area contributed by atoms with E-state index in [-0.39, 0.29) is 30.8 Å². The molecule has 5 heteroatoms. The zero-order valence-electron chi connectivity index (χ0n) is 15.1. The van der Waals surface area contributed by atoms with E-state index >= 15 is 0 Å². The molecule has 2 aromatic rings. The zero-order chi connectivity index (χ0) is 18.5. The third kappa shape index (κ3) is 4.11. The highest BCUT2D eigenvalue weighted by Gasteiger charge is 2.35. The van der Waals surface area contributed by atoms with Crippen LogP contribution in [0.15, 0.2) is 54.6 Å². The fourth-order valence-corrected chi connectivity index (χ4v) is 3.37. The number of benzene rings is 2. The molecule has 1 aliphatic rings. The molecule has 1 saturated heterocycles. The molecule has 0 saturated carbocycles. The van der Waals surface area contributed by atoms with E-state index in [4.69, 9.17) is 5.73 Å². The van der Waals surface area contributed by atoms with E-state index < -0.39 is 0 Å². The van der Waals surface area contributed by atoms with Crippen molar-refractivity contribution in [1.29, 1.82) is 0 Å². The Morgan fingerprint density at radius 3 is 2.46 bits per heavy atom. The molecule has 0 bridgehead atoms. The van der Waals surface area contributed by atoms with Gasteiger partial charge in [-0.3, -0.25) is 9.59 Å². The zero-order valence-corrected chi connectivity index (χ0v) is 15.1. The molecule has 1 atom stereocenters. The van der Waals surface area contributed by atoms with Crippen molar-refractivity contribution >= 4 is 17.5 Å². The van der Waals surface area contributed by atoms with Gasteiger partial charge in [0.2, 0.25) is 11.8 Å². The third-order valence-corrected chi connectivity index (χ3v) is 4.78. The van der Waals surface area contributed by atoms with Crippen molar-refractivity contribution in [2.45, 2.75) is 25.8 Å². The summed E-state index contributed by atoms with van der Waals surface area (Å²) in [5.74, 6) is -0.103. The van der Waals surface area contributed by atoms with Crippen LogP contribution in [0, 0.1) is 6.92 Å². The molecule has 3 rings (SSSR count). The first-order valence-electron chi connectivity index (χ1n) is 8.99. The minimum absolute atomic E-state index is 0.0506. The van der Waals surface area contributed by atoms with Crippen molar-refractivity contribution in [2.24, 2.45) is 5.73 Å². The van der Waals surface area contributed by atoms with Crippen molar-refractivity contribution in [1.82, 2.24) is 4.90 Å². The third-order valence-electron chi connectivity index (χ3n) is 4.78. The minimum atomic E-state index is -0.0598. The fraction of sp³-hybridized carbons (Fsp3) is 0.333. The van der Waals surface area contributed by atoms with Gasteiger partial charge in [-0.25, -0.2) is 0 Å². The van der Waals surface area contributed by atoms with E-state index in [2.05, 4.69) is 12.1 Å². The molecule has 1 heterocycles. The molecule has 1 aliphatic heterocycles. The lowest BCUT2D eigenvalue weighted by Crippen LogP contribution is -2.59. The molecule has 2 N–H and O–H groups in total. The summed E-state index contributed by atoms with van der Waals surface area (Å²) in [6.45, 7) is 2.91. The van der Waals surface area contributed by atoms with Crippen molar-refractivity contribution in [3.8, 4) is 0 Å². The fourth-order valence-electron chi connectivity index (χ4n) is 3.37. The molecule has 0 unspecified atom stereocenters. The van der Waals surface area contributed by atoms with E-state index in [0.717, 1.165) is 16.8 Å². The highest BCUT2D eigenvalue weighted by Crippen LogP contribution is 2.23. The number of hydrogen-bond donors (Lipinski definition) is 1. The molecular formula is C21H25N3O2. The summed E-state index contributed by atoms with van der Waals surface area (Å²) < 4.78 is 0. The molecule has 0 radical (unpaired) electrons. The standard InChI is InChI=1S/C21H25N3O2/c1-16-7-9-18(10-8-16)23-14-19(13-17-5-3-2-4-6-17)24(15-21(23)26)20(25)11-12-22/h2-10,19H,11-15,22H2,1H3/t19-/m0/s1. The maximum Gasteiger partial charge on any atom is 0.246 e. The monoisotopic (exact) mass is 351 g/mol. The van der Waals surface area contributed by atoms with Gasteiger partial charge in [0.15, 0.2) is 0 Å². The number of aryl methyl sites for hydroxylation is 1. The molecule has 0 aliphatic carbocycles. The molecule has 0 spiro atoms. The van der Waals surface area contributed by atoms with Crippen LogP contribution in [-0.2, 0) is 16.0 Å². The molecule has 2 aromatic carbocycles. The van der Waals surface area contributed by atoms with Crippen molar-refractivity contribution in [2.75, 3.05) is 24.5 Å². The predicted octanol–water partition coefficient (Wildman–Crippen LogP) is 2.13. The quantitative estimate of drug-likeness (QED) is 0.897. The SMILES string of the molecule is Cc1ccc(N2C[C@H](Cc3ccccc3)N(C(=O)CCN)CC2=O)cc1. The second-order valence-corrected chi connectivity index (χ2v) is 6.74. The second kappa shape index (κ2) is 8.15. The van der Waals surface area contributed by atoms with Crippen LogP contribution in [0.25, 0.3) is 0 Å². The summed E-state index contributed by atoms with van der Waals surface area (Å²) >= 11 is 0. The molecule has 26 heavy (non-hydrogen) atoms. The molecular weight excluding hydrogens is 326 g/mol. The highest BCUT2D eigenvalue weighted by atomic mass is 16.2. The number of rotatable bonds is 5. The highest BCUT2D eigenvalue weighted by molar-refractivity contribution is 5.98. The predicted molar refractivity (Wildman–Crippen MR) is 103 cm³/mol. The van der Waals surface area contributed by atoms with Gasteiger partial charge >= 0.3 is 0 Å². The van der Waals surface area contributed by atoms with Gasteiger partial charge in [-0.15, -0.1) is 0 Å². The van der Waals surface area contributed by atoms with E-state index in [1.807, 2.05) is 49.4 Å². The van der Waals surface area contributed by atoms with Gasteiger partial charge < -0.3 is 15.5 Å². The van der Waals surface area contributed by atoms with Crippen LogP contribution < -0.4 is 10.6 Å². The van der Waals surface area contributed by atoms with Crippen LogP contribution in [0.5, 0.6) is 0 Å². The summed E-state index contributed by atoms with van der Waals surface area (Å²) in [6, 6.07) is 17.9. The van der Waals surface area contributed by atoms with E-state index in [1.165, 1.54) is 0 Å². The maximum absolute atomic E-state index is 12.7. The minimum Gasteiger partial charge on any atom is -0.330 e. The molecule has 136 valence electrons. The first-order valence-corrected chi connectivity index (χ1v) is 8.99. The average Bonchev–Trinajstić information content (AvgIpc) is 2.65. The summed E-state index contributed by atoms with van der Waals surface area (Å²) in [7, 11) is 0. The van der Waals surface area contributed by atoms with Gasteiger partial charge in [-0.05, 0) is 31.0 Å². The summed E-state index contributed by atoms with van der Waals surface area (Å²) in [4.78, 5) is 28.7. The lowest BCUT2D eigenvalue weighted by molar-refractivity contribution is -0.139. The number of piperazine rings is 1. The van der Waals surface area contributed by atoms with Gasteiger partial charge in [0, 0.05) is 25.2 Å². The van der Waals surface area contributed by atoms with Crippen LogP contribution >= 0.6 is 0 Å². The summed E-state index contributed by atoms with van der Waals surface area (Å²) in [6.07, 6.45) is 0.982. The molecule has 5 nitrogen and oxygen atoms in total. The number of hydrogen-bond acceptors (Lipinski definition) is 3. The smallest absolute Gasteiger partial charge is 0.246 e. The summed E-state index contributed by atoms with van der Waals surface area (Å²) in [5.41, 5.74) is 8.74. The summed E-state index contributed by atoms with van der Waals surface area (Å²) in [5, 5.41) is 0. The van der Waals surface area contributed by atoms with Crippen LogP contribution in [0.1, 0.15) is 17.5 Å². The van der Waals surface area contributed by atoms with E-state index in [9.17, 15) is 9.59 Å². The first-order chi connectivity index (χ1) is 12.6. The number of nitrogens with zero attached hydrogens (tertiary/aromatic N) is 2. The van der Waals surface area contributed by atoms with Crippen molar-refractivity contribution < 1.29 is 9.59 Å². The Hall–Kier alpha value is -2.66. The van der Waals surface area contributed by atoms with Gasteiger partial charge in [0.25, 0.3) is 0 Å². The van der Waals surface area contributed by atoms with Gasteiger partial charge in [0.1, 0.15) is 6.54 Å². The second-order valence-electron chi connectivity index (χ2n) is 6.74. The van der Waals surface area contributed by atoms with Gasteiger partial charge in [-0.1, -0.05) is 48.0 Å². The Labute approximate surface area is 154 Å². The van der Waals surface area contributed by atoms with E-state index in [0.29, 0.717) is 19.5 Å². The van der Waals surface area contributed by atoms with Crippen molar-refractivity contribution in [3.05, 3.63) is 65.7 Å². The Bertz CT molecular complexity index is 759. The number of nitrogens with two attached hydrogens (primary N) is 1. The number of amides is 2. The maximum atomic E-state index is 12.7. The normalized spacial score (nSPS) is 17.5. The Morgan fingerprint density at radius 1 is 1.12 bits per heavy atom. The van der Waals surface area contributed by atoms with Crippen LogP contribution in [0.2, 0.25) is 0 Å². The number of anilines is 1. The Morgan fingerprint density at radius 2 is 1.81 bits per heavy atom. The average molecular weight is 351 g/mol. The van der Waals surface area contributed by atoms with Crippen molar-refractivity contribution in [3.63, 3.8) is 0 Å². The first kappa shape index (κ1) is 18.1. The van der Waals surface area contributed by atoms with Crippen LogP contribution in [0.3, 0.4) is 0 Å². The van der Waals surface area contributed by atoms with Gasteiger partial charge in [0.05, 0.1) is 6.04 Å². The number of carbonyl (C=O) groups is 2. The van der Waals surface area contributed by atoms with Gasteiger partial charge in [-0.2, -0.15) is 0 Å². The van der Waals surface area contributed by atoms with E-state index in [1.54, 1.807) is 9.80 Å². The topological polar surface area (TPSA) is 66.6 Å². The largest absolute Gasteiger partial charge is 0.330 e. The van der Waals surface area contributed by atoms with Crippen LogP contribution in [-0.4, -0.2) is 42.4 Å².